The molecule has 3 N–H and O–H groups in total. The van der Waals surface area contributed by atoms with Gasteiger partial charge in [-0.15, -0.1) is 0 Å². The van der Waals surface area contributed by atoms with Gasteiger partial charge in [0.2, 0.25) is 5.91 Å². The van der Waals surface area contributed by atoms with Gasteiger partial charge >= 0.3 is 12.1 Å². The number of nitrogens with zero attached hydrogens (tertiary/aromatic N) is 1. The van der Waals surface area contributed by atoms with Gasteiger partial charge in [-0.2, -0.15) is 13.2 Å². The van der Waals surface area contributed by atoms with Crippen LogP contribution in [0.4, 0.5) is 19.0 Å². The first kappa shape index (κ1) is 20.7. The Morgan fingerprint density at radius 2 is 1.88 bits per heavy atom. The second-order valence-electron chi connectivity index (χ2n) is 5.61. The monoisotopic (exact) mass is 361 g/mol. The van der Waals surface area contributed by atoms with Crippen LogP contribution in [0.5, 0.6) is 0 Å². The Kier molecular flexibility index (Phi) is 8.17. The van der Waals surface area contributed by atoms with Crippen LogP contribution in [-0.4, -0.2) is 35.1 Å². The molecule has 1 amide bonds. The van der Waals surface area contributed by atoms with Crippen LogP contribution in [0, 0.1) is 6.92 Å². The highest BCUT2D eigenvalue weighted by atomic mass is 19.4. The summed E-state index contributed by atoms with van der Waals surface area (Å²) < 4.78 is 37.9. The van der Waals surface area contributed by atoms with E-state index < -0.39 is 17.7 Å². The highest BCUT2D eigenvalue weighted by Gasteiger charge is 2.32. The van der Waals surface area contributed by atoms with Gasteiger partial charge in [-0.25, -0.2) is 4.98 Å². The summed E-state index contributed by atoms with van der Waals surface area (Å²) in [5.41, 5.74) is -0.630. The topological polar surface area (TPSA) is 91.3 Å². The molecule has 0 aliphatic rings. The molecule has 9 heteroatoms. The van der Waals surface area contributed by atoms with Gasteiger partial charge in [0.25, 0.3) is 0 Å². The van der Waals surface area contributed by atoms with Crippen molar-refractivity contribution in [1.29, 1.82) is 0 Å². The van der Waals surface area contributed by atoms with E-state index in [-0.39, 0.29) is 24.4 Å². The number of anilines is 1. The van der Waals surface area contributed by atoms with Crippen molar-refractivity contribution in [3.63, 3.8) is 0 Å². The van der Waals surface area contributed by atoms with E-state index in [1.807, 2.05) is 0 Å². The fourth-order valence-corrected chi connectivity index (χ4v) is 2.15. The van der Waals surface area contributed by atoms with E-state index in [0.717, 1.165) is 19.0 Å². The minimum absolute atomic E-state index is 0.102. The molecule has 1 heterocycles. The molecule has 140 valence electrons. The summed E-state index contributed by atoms with van der Waals surface area (Å²) >= 11 is 0. The lowest BCUT2D eigenvalue weighted by atomic mass is 10.1. The molecule has 0 atom stereocenters. The fourth-order valence-electron chi connectivity index (χ4n) is 2.15. The van der Waals surface area contributed by atoms with Crippen molar-refractivity contribution < 1.29 is 27.9 Å². The zero-order valence-corrected chi connectivity index (χ0v) is 13.9. The highest BCUT2D eigenvalue weighted by molar-refractivity contribution is 5.76. The van der Waals surface area contributed by atoms with Crippen molar-refractivity contribution in [2.75, 3.05) is 18.4 Å². The molecule has 1 rings (SSSR count). The lowest BCUT2D eigenvalue weighted by Gasteiger charge is -2.12. The summed E-state index contributed by atoms with van der Waals surface area (Å²) in [4.78, 5) is 25.5. The van der Waals surface area contributed by atoms with Crippen molar-refractivity contribution in [3.8, 4) is 0 Å². The van der Waals surface area contributed by atoms with E-state index >= 15 is 0 Å². The number of carbonyl (C=O) groups excluding carboxylic acids is 1. The fraction of sp³-hybridized carbons (Fsp3) is 0.562. The van der Waals surface area contributed by atoms with Crippen LogP contribution >= 0.6 is 0 Å². The Balaban J connectivity index is 2.19. The average molecular weight is 361 g/mol. The number of amides is 1. The lowest BCUT2D eigenvalue weighted by molar-refractivity contribution is -0.138. The van der Waals surface area contributed by atoms with Crippen LogP contribution < -0.4 is 10.6 Å². The maximum atomic E-state index is 12.6. The Morgan fingerprint density at radius 1 is 1.16 bits per heavy atom. The second kappa shape index (κ2) is 9.85. The van der Waals surface area contributed by atoms with Crippen molar-refractivity contribution in [2.45, 2.75) is 45.2 Å². The molecule has 0 bridgehead atoms. The van der Waals surface area contributed by atoms with E-state index in [2.05, 4.69) is 15.6 Å². The van der Waals surface area contributed by atoms with E-state index in [0.29, 0.717) is 25.2 Å². The normalized spacial score (nSPS) is 11.2. The van der Waals surface area contributed by atoms with E-state index in [1.165, 1.54) is 13.0 Å². The Hall–Kier alpha value is -2.32. The predicted octanol–water partition coefficient (Wildman–Crippen LogP) is 2.97. The Labute approximate surface area is 143 Å². The quantitative estimate of drug-likeness (QED) is 0.557. The third kappa shape index (κ3) is 8.37. The summed E-state index contributed by atoms with van der Waals surface area (Å²) in [5, 5.41) is 13.9. The maximum absolute atomic E-state index is 12.6. The molecule has 0 saturated carbocycles. The molecule has 0 aromatic carbocycles. The molecular formula is C16H22F3N3O3. The standard InChI is InChI=1S/C16H22F3N3O3/c1-11-9-13(22-10-12(11)16(17,18)19)20-7-4-2-3-5-14(23)21-8-6-15(24)25/h9-10H,2-8H2,1H3,(H,20,22)(H,21,23)(H,24,25). The molecule has 6 nitrogen and oxygen atoms in total. The first-order valence-corrected chi connectivity index (χ1v) is 7.96. The number of nitrogens with one attached hydrogen (secondary N) is 2. The number of carbonyl (C=O) groups is 2. The number of hydrogen-bond acceptors (Lipinski definition) is 4. The summed E-state index contributed by atoms with van der Waals surface area (Å²) in [5.74, 6) is -0.760. The van der Waals surface area contributed by atoms with Gasteiger partial charge in [0.05, 0.1) is 12.0 Å². The van der Waals surface area contributed by atoms with Crippen LogP contribution in [0.2, 0.25) is 0 Å². The maximum Gasteiger partial charge on any atom is 0.418 e. The summed E-state index contributed by atoms with van der Waals surface area (Å²) in [6, 6.07) is 1.36. The molecule has 0 aliphatic heterocycles. The van der Waals surface area contributed by atoms with Crippen LogP contribution in [0.3, 0.4) is 0 Å². The first-order chi connectivity index (χ1) is 11.7. The largest absolute Gasteiger partial charge is 0.481 e. The van der Waals surface area contributed by atoms with Gasteiger partial charge in [-0.05, 0) is 31.4 Å². The van der Waals surface area contributed by atoms with Crippen molar-refractivity contribution >= 4 is 17.7 Å². The average Bonchev–Trinajstić information content (AvgIpc) is 2.49. The number of halogens is 3. The Morgan fingerprint density at radius 3 is 2.48 bits per heavy atom. The number of rotatable bonds is 10. The first-order valence-electron chi connectivity index (χ1n) is 7.96. The molecule has 0 aliphatic carbocycles. The number of aryl methyl sites for hydroxylation is 1. The van der Waals surface area contributed by atoms with Crippen LogP contribution in [0.15, 0.2) is 12.3 Å². The molecule has 0 unspecified atom stereocenters. The predicted molar refractivity (Wildman–Crippen MR) is 86.2 cm³/mol. The third-order valence-electron chi connectivity index (χ3n) is 3.46. The molecule has 1 aromatic rings. The van der Waals surface area contributed by atoms with E-state index in [1.54, 1.807) is 0 Å². The zero-order chi connectivity index (χ0) is 18.9. The lowest BCUT2D eigenvalue weighted by Crippen LogP contribution is -2.25. The van der Waals surface area contributed by atoms with Gasteiger partial charge in [-0.3, -0.25) is 9.59 Å². The van der Waals surface area contributed by atoms with E-state index in [9.17, 15) is 22.8 Å². The second-order valence-corrected chi connectivity index (χ2v) is 5.61. The minimum Gasteiger partial charge on any atom is -0.481 e. The summed E-state index contributed by atoms with van der Waals surface area (Å²) in [7, 11) is 0. The van der Waals surface area contributed by atoms with Crippen LogP contribution in [0.25, 0.3) is 0 Å². The highest BCUT2D eigenvalue weighted by Crippen LogP contribution is 2.31. The molecule has 1 aromatic heterocycles. The number of carboxylic acid groups (broad SMARTS) is 1. The molecular weight excluding hydrogens is 339 g/mol. The summed E-state index contributed by atoms with van der Waals surface area (Å²) in [6.45, 7) is 2.05. The smallest absolute Gasteiger partial charge is 0.418 e. The molecule has 0 saturated heterocycles. The number of alkyl halides is 3. The van der Waals surface area contributed by atoms with Crippen LogP contribution in [-0.2, 0) is 15.8 Å². The van der Waals surface area contributed by atoms with Gasteiger partial charge in [-0.1, -0.05) is 6.42 Å². The number of hydrogen-bond donors (Lipinski definition) is 3. The van der Waals surface area contributed by atoms with E-state index in [4.69, 9.17) is 5.11 Å². The molecule has 0 fully saturated rings. The van der Waals surface area contributed by atoms with Gasteiger partial charge in [0, 0.05) is 25.7 Å². The number of carboxylic acids is 1. The molecule has 0 spiro atoms. The number of unbranched alkanes of at least 4 members (excludes halogenated alkanes) is 2. The van der Waals surface area contributed by atoms with Gasteiger partial charge in [0.1, 0.15) is 5.82 Å². The number of aromatic nitrogens is 1. The minimum atomic E-state index is -4.40. The SMILES string of the molecule is Cc1cc(NCCCCCC(=O)NCCC(=O)O)ncc1C(F)(F)F. The Bertz CT molecular complexity index is 592. The zero-order valence-electron chi connectivity index (χ0n) is 13.9. The number of pyridine rings is 1. The van der Waals surface area contributed by atoms with Crippen molar-refractivity contribution in [3.05, 3.63) is 23.4 Å². The van der Waals surface area contributed by atoms with Crippen molar-refractivity contribution in [2.24, 2.45) is 0 Å². The van der Waals surface area contributed by atoms with Gasteiger partial charge in [0.15, 0.2) is 0 Å². The van der Waals surface area contributed by atoms with Gasteiger partial charge < -0.3 is 15.7 Å². The molecule has 0 radical (unpaired) electrons. The molecule has 25 heavy (non-hydrogen) atoms. The third-order valence-corrected chi connectivity index (χ3v) is 3.46. The van der Waals surface area contributed by atoms with Crippen molar-refractivity contribution in [1.82, 2.24) is 10.3 Å². The summed E-state index contributed by atoms with van der Waals surface area (Å²) in [6.07, 6.45) is -1.21. The number of aliphatic carboxylic acids is 1. The van der Waals surface area contributed by atoms with Crippen LogP contribution in [0.1, 0.15) is 43.2 Å².